The van der Waals surface area contributed by atoms with Gasteiger partial charge in [-0.05, 0) is 6.92 Å². The first-order chi connectivity index (χ1) is 5.46. The van der Waals surface area contributed by atoms with E-state index in [-0.39, 0.29) is 6.03 Å². The van der Waals surface area contributed by atoms with Crippen LogP contribution in [0, 0.1) is 5.41 Å². The number of rotatable bonds is 1. The Kier molecular flexibility index (Phi) is 2.31. The summed E-state index contributed by atoms with van der Waals surface area (Å²) in [5, 5.41) is 0. The summed E-state index contributed by atoms with van der Waals surface area (Å²) in [7, 11) is 1.84. The van der Waals surface area contributed by atoms with E-state index >= 15 is 0 Å². The molecule has 1 rings (SSSR count). The van der Waals surface area contributed by atoms with E-state index in [0.717, 1.165) is 19.6 Å². The molecular formula is C9H18N2O. The lowest BCUT2D eigenvalue weighted by molar-refractivity contribution is 0.0468. The number of carbonyl (C=O) groups excluding carboxylic acids is 1. The molecule has 1 aliphatic rings. The molecule has 0 aromatic carbocycles. The molecule has 70 valence electrons. The highest BCUT2D eigenvalue weighted by Gasteiger charge is 2.37. The van der Waals surface area contributed by atoms with Crippen LogP contribution < -0.4 is 0 Å². The van der Waals surface area contributed by atoms with E-state index in [2.05, 4.69) is 13.8 Å². The van der Waals surface area contributed by atoms with Crippen LogP contribution in [0.3, 0.4) is 0 Å². The SMILES string of the molecule is CCN(C)C(=O)N1CC(C)(C)C1. The lowest BCUT2D eigenvalue weighted by Crippen LogP contribution is -2.58. The number of urea groups is 1. The van der Waals surface area contributed by atoms with Crippen molar-refractivity contribution in [2.75, 3.05) is 26.7 Å². The Morgan fingerprint density at radius 1 is 1.50 bits per heavy atom. The number of nitrogens with zero attached hydrogens (tertiary/aromatic N) is 2. The van der Waals surface area contributed by atoms with Crippen molar-refractivity contribution >= 4 is 6.03 Å². The van der Waals surface area contributed by atoms with Gasteiger partial charge >= 0.3 is 6.03 Å². The van der Waals surface area contributed by atoms with Gasteiger partial charge in [-0.25, -0.2) is 4.79 Å². The molecule has 0 aromatic heterocycles. The lowest BCUT2D eigenvalue weighted by atomic mass is 9.85. The standard InChI is InChI=1S/C9H18N2O/c1-5-10(4)8(12)11-6-9(2,3)7-11/h5-7H2,1-4H3. The van der Waals surface area contributed by atoms with Crippen LogP contribution in [0.2, 0.25) is 0 Å². The summed E-state index contributed by atoms with van der Waals surface area (Å²) in [5.41, 5.74) is 0.338. The summed E-state index contributed by atoms with van der Waals surface area (Å²) in [4.78, 5) is 15.1. The maximum Gasteiger partial charge on any atom is 0.319 e. The van der Waals surface area contributed by atoms with E-state index in [0.29, 0.717) is 5.41 Å². The maximum absolute atomic E-state index is 11.5. The first kappa shape index (κ1) is 9.36. The molecule has 3 heteroatoms. The number of hydrogen-bond donors (Lipinski definition) is 0. The average molecular weight is 170 g/mol. The molecule has 0 aromatic rings. The zero-order valence-corrected chi connectivity index (χ0v) is 8.42. The molecule has 0 spiro atoms. The molecule has 1 fully saturated rings. The number of likely N-dealkylation sites (tertiary alicyclic amines) is 1. The predicted octanol–water partition coefficient (Wildman–Crippen LogP) is 1.40. The van der Waals surface area contributed by atoms with Crippen LogP contribution in [-0.2, 0) is 0 Å². The fourth-order valence-electron chi connectivity index (χ4n) is 1.50. The van der Waals surface area contributed by atoms with E-state index < -0.39 is 0 Å². The Labute approximate surface area is 74.3 Å². The third kappa shape index (κ3) is 1.71. The van der Waals surface area contributed by atoms with Gasteiger partial charge in [0.15, 0.2) is 0 Å². The summed E-state index contributed by atoms with van der Waals surface area (Å²) < 4.78 is 0. The Morgan fingerprint density at radius 3 is 2.33 bits per heavy atom. The minimum atomic E-state index is 0.164. The summed E-state index contributed by atoms with van der Waals surface area (Å²) in [6.07, 6.45) is 0. The van der Waals surface area contributed by atoms with Crippen molar-refractivity contribution in [3.63, 3.8) is 0 Å². The molecule has 0 aliphatic carbocycles. The maximum atomic E-state index is 11.5. The Bertz CT molecular complexity index is 181. The number of carbonyl (C=O) groups is 1. The van der Waals surface area contributed by atoms with Crippen molar-refractivity contribution in [1.29, 1.82) is 0 Å². The van der Waals surface area contributed by atoms with Crippen molar-refractivity contribution in [3.05, 3.63) is 0 Å². The van der Waals surface area contributed by atoms with Gasteiger partial charge in [-0.1, -0.05) is 13.8 Å². The summed E-state index contributed by atoms with van der Waals surface area (Å²) in [5.74, 6) is 0. The van der Waals surface area contributed by atoms with Crippen LogP contribution in [0.25, 0.3) is 0 Å². The van der Waals surface area contributed by atoms with Crippen molar-refractivity contribution < 1.29 is 4.79 Å². The van der Waals surface area contributed by atoms with Gasteiger partial charge in [0.25, 0.3) is 0 Å². The summed E-state index contributed by atoms with van der Waals surface area (Å²) in [6, 6.07) is 0.164. The molecule has 0 N–H and O–H groups in total. The van der Waals surface area contributed by atoms with Crippen LogP contribution in [0.1, 0.15) is 20.8 Å². The Morgan fingerprint density at radius 2 is 2.00 bits per heavy atom. The topological polar surface area (TPSA) is 23.6 Å². The molecule has 1 heterocycles. The molecule has 0 unspecified atom stereocenters. The molecule has 0 atom stereocenters. The fraction of sp³-hybridized carbons (Fsp3) is 0.889. The fourth-order valence-corrected chi connectivity index (χ4v) is 1.50. The van der Waals surface area contributed by atoms with Crippen molar-refractivity contribution in [1.82, 2.24) is 9.80 Å². The molecule has 1 saturated heterocycles. The van der Waals surface area contributed by atoms with Gasteiger partial charge in [-0.3, -0.25) is 0 Å². The zero-order chi connectivity index (χ0) is 9.35. The minimum absolute atomic E-state index is 0.164. The molecule has 0 saturated carbocycles. The molecule has 0 radical (unpaired) electrons. The molecule has 12 heavy (non-hydrogen) atoms. The average Bonchev–Trinajstić information content (AvgIpc) is 1.97. The normalized spacial score (nSPS) is 20.2. The van der Waals surface area contributed by atoms with E-state index in [4.69, 9.17) is 0 Å². The van der Waals surface area contributed by atoms with E-state index in [9.17, 15) is 4.79 Å². The number of amides is 2. The van der Waals surface area contributed by atoms with Gasteiger partial charge < -0.3 is 9.80 Å². The monoisotopic (exact) mass is 170 g/mol. The van der Waals surface area contributed by atoms with Gasteiger partial charge in [0, 0.05) is 32.1 Å². The highest BCUT2D eigenvalue weighted by molar-refractivity contribution is 5.75. The predicted molar refractivity (Wildman–Crippen MR) is 49.1 cm³/mol. The van der Waals surface area contributed by atoms with Crippen LogP contribution in [0.15, 0.2) is 0 Å². The first-order valence-corrected chi connectivity index (χ1v) is 4.46. The Balaban J connectivity index is 2.38. The van der Waals surface area contributed by atoms with Crippen LogP contribution in [-0.4, -0.2) is 42.5 Å². The zero-order valence-electron chi connectivity index (χ0n) is 8.42. The van der Waals surface area contributed by atoms with Gasteiger partial charge in [-0.2, -0.15) is 0 Å². The quantitative estimate of drug-likeness (QED) is 0.583. The minimum Gasteiger partial charge on any atom is -0.328 e. The third-order valence-corrected chi connectivity index (χ3v) is 2.31. The van der Waals surface area contributed by atoms with E-state index in [1.54, 1.807) is 4.90 Å². The molecular weight excluding hydrogens is 152 g/mol. The van der Waals surface area contributed by atoms with E-state index in [1.807, 2.05) is 18.9 Å². The first-order valence-electron chi connectivity index (χ1n) is 4.46. The smallest absolute Gasteiger partial charge is 0.319 e. The van der Waals surface area contributed by atoms with E-state index in [1.165, 1.54) is 0 Å². The van der Waals surface area contributed by atoms with Crippen molar-refractivity contribution in [3.8, 4) is 0 Å². The van der Waals surface area contributed by atoms with Crippen LogP contribution in [0.4, 0.5) is 4.79 Å². The summed E-state index contributed by atoms with van der Waals surface area (Å²) in [6.45, 7) is 8.94. The third-order valence-electron chi connectivity index (χ3n) is 2.31. The highest BCUT2D eigenvalue weighted by Crippen LogP contribution is 2.29. The number of hydrogen-bond acceptors (Lipinski definition) is 1. The second-order valence-electron chi connectivity index (χ2n) is 4.32. The van der Waals surface area contributed by atoms with Crippen LogP contribution >= 0.6 is 0 Å². The summed E-state index contributed by atoms with van der Waals surface area (Å²) >= 11 is 0. The second kappa shape index (κ2) is 2.96. The van der Waals surface area contributed by atoms with Crippen molar-refractivity contribution in [2.24, 2.45) is 5.41 Å². The molecule has 2 amide bonds. The van der Waals surface area contributed by atoms with Crippen molar-refractivity contribution in [2.45, 2.75) is 20.8 Å². The second-order valence-corrected chi connectivity index (χ2v) is 4.32. The molecule has 3 nitrogen and oxygen atoms in total. The van der Waals surface area contributed by atoms with Gasteiger partial charge in [0.1, 0.15) is 0 Å². The van der Waals surface area contributed by atoms with Gasteiger partial charge in [-0.15, -0.1) is 0 Å². The molecule has 0 bridgehead atoms. The van der Waals surface area contributed by atoms with Gasteiger partial charge in [0.05, 0.1) is 0 Å². The van der Waals surface area contributed by atoms with Crippen LogP contribution in [0.5, 0.6) is 0 Å². The largest absolute Gasteiger partial charge is 0.328 e. The molecule has 1 aliphatic heterocycles. The highest BCUT2D eigenvalue weighted by atomic mass is 16.2. The van der Waals surface area contributed by atoms with Gasteiger partial charge in [0.2, 0.25) is 0 Å². The lowest BCUT2D eigenvalue weighted by Gasteiger charge is -2.46. The Hall–Kier alpha value is -0.730.